The van der Waals surface area contributed by atoms with E-state index in [1.165, 1.54) is 0 Å². The highest BCUT2D eigenvalue weighted by Gasteiger charge is 2.22. The standard InChI is InChI=1S/4C4H9NO.H4O4Si/c4*1-3-6-4-2-5-1;1-5(2,3)4/h4*5H,1-4H2;1-4H. The van der Waals surface area contributed by atoms with Crippen molar-refractivity contribution in [3.63, 3.8) is 0 Å². The number of hydrogen-bond donors (Lipinski definition) is 8. The van der Waals surface area contributed by atoms with E-state index in [2.05, 4.69) is 21.3 Å². The molecule has 4 rings (SSSR count). The maximum absolute atomic E-state index is 7.33. The van der Waals surface area contributed by atoms with E-state index < -0.39 is 9.05 Å². The second-order valence-electron chi connectivity index (χ2n) is 6.05. The molecule has 0 saturated carbocycles. The average Bonchev–Trinajstić information content (AvgIpc) is 2.79. The lowest BCUT2D eigenvalue weighted by atomic mass is 10.5. The van der Waals surface area contributed by atoms with E-state index in [-0.39, 0.29) is 0 Å². The quantitative estimate of drug-likeness (QED) is 0.170. The predicted molar refractivity (Wildman–Crippen MR) is 109 cm³/mol. The Morgan fingerprint density at radius 3 is 0.552 bits per heavy atom. The zero-order valence-electron chi connectivity index (χ0n) is 17.2. The van der Waals surface area contributed by atoms with Gasteiger partial charge in [-0.3, -0.25) is 0 Å². The van der Waals surface area contributed by atoms with Gasteiger partial charge < -0.3 is 59.4 Å². The molecular weight excluding hydrogens is 404 g/mol. The SMILES string of the molecule is C1COCCN1.C1COCCN1.C1COCCN1.C1COCCN1.O[Si](O)(O)O. The molecular formula is C16H40N4O8Si. The third-order valence-electron chi connectivity index (χ3n) is 3.39. The molecule has 0 amide bonds. The van der Waals surface area contributed by atoms with E-state index in [4.69, 9.17) is 38.1 Å². The van der Waals surface area contributed by atoms with Crippen LogP contribution in [0.1, 0.15) is 0 Å². The van der Waals surface area contributed by atoms with Gasteiger partial charge in [-0.15, -0.1) is 0 Å². The summed E-state index contributed by atoms with van der Waals surface area (Å²) in [7, 11) is -4.61. The fourth-order valence-corrected chi connectivity index (χ4v) is 2.06. The van der Waals surface area contributed by atoms with Crippen molar-refractivity contribution in [1.29, 1.82) is 0 Å². The van der Waals surface area contributed by atoms with E-state index in [9.17, 15) is 0 Å². The Morgan fingerprint density at radius 2 is 0.517 bits per heavy atom. The van der Waals surface area contributed by atoms with Crippen LogP contribution in [0.4, 0.5) is 0 Å². The summed E-state index contributed by atoms with van der Waals surface area (Å²) < 4.78 is 20.0. The molecule has 176 valence electrons. The van der Waals surface area contributed by atoms with Crippen LogP contribution in [0.3, 0.4) is 0 Å². The Hall–Kier alpha value is -0.263. The molecule has 0 aliphatic carbocycles. The highest BCUT2D eigenvalue weighted by Crippen LogP contribution is 1.78. The monoisotopic (exact) mass is 444 g/mol. The number of nitrogens with one attached hydrogen (secondary N) is 4. The zero-order chi connectivity index (χ0) is 21.5. The molecule has 0 aromatic heterocycles. The Morgan fingerprint density at radius 1 is 0.379 bits per heavy atom. The molecule has 8 N–H and O–H groups in total. The van der Waals surface area contributed by atoms with E-state index in [0.29, 0.717) is 0 Å². The molecule has 4 heterocycles. The Balaban J connectivity index is 0.000000339. The van der Waals surface area contributed by atoms with Crippen LogP contribution in [-0.4, -0.2) is 133 Å². The fourth-order valence-electron chi connectivity index (χ4n) is 2.06. The van der Waals surface area contributed by atoms with Crippen LogP contribution < -0.4 is 21.3 Å². The van der Waals surface area contributed by atoms with Crippen LogP contribution in [0.2, 0.25) is 0 Å². The first-order chi connectivity index (χ1) is 14.0. The summed E-state index contributed by atoms with van der Waals surface area (Å²) in [4.78, 5) is 29.3. The molecule has 4 fully saturated rings. The van der Waals surface area contributed by atoms with Crippen LogP contribution in [0.25, 0.3) is 0 Å². The van der Waals surface area contributed by atoms with Crippen molar-refractivity contribution in [2.45, 2.75) is 0 Å². The van der Waals surface area contributed by atoms with E-state index in [0.717, 1.165) is 105 Å². The minimum atomic E-state index is -4.61. The van der Waals surface area contributed by atoms with Crippen LogP contribution >= 0.6 is 0 Å². The fraction of sp³-hybridized carbons (Fsp3) is 1.00. The third kappa shape index (κ3) is 32.6. The van der Waals surface area contributed by atoms with Gasteiger partial charge in [-0.1, -0.05) is 0 Å². The van der Waals surface area contributed by atoms with Gasteiger partial charge in [0.05, 0.1) is 52.9 Å². The number of ether oxygens (including phenoxy) is 4. The normalized spacial score (nSPS) is 21.9. The van der Waals surface area contributed by atoms with Gasteiger partial charge >= 0.3 is 9.05 Å². The molecule has 4 aliphatic rings. The zero-order valence-corrected chi connectivity index (χ0v) is 18.2. The largest absolute Gasteiger partial charge is 0.668 e. The van der Waals surface area contributed by atoms with Crippen molar-refractivity contribution < 1.29 is 38.1 Å². The molecule has 0 bridgehead atoms. The molecule has 0 unspecified atom stereocenters. The topological polar surface area (TPSA) is 166 Å². The second-order valence-corrected chi connectivity index (χ2v) is 7.25. The van der Waals surface area contributed by atoms with Crippen LogP contribution in [0.15, 0.2) is 0 Å². The van der Waals surface area contributed by atoms with E-state index in [1.807, 2.05) is 0 Å². The van der Waals surface area contributed by atoms with E-state index in [1.54, 1.807) is 0 Å². The minimum Gasteiger partial charge on any atom is -0.379 e. The first-order valence-corrected chi connectivity index (χ1v) is 11.8. The first kappa shape index (κ1) is 28.7. The van der Waals surface area contributed by atoms with Crippen molar-refractivity contribution in [3.05, 3.63) is 0 Å². The molecule has 0 atom stereocenters. The van der Waals surface area contributed by atoms with Gasteiger partial charge in [0.1, 0.15) is 0 Å². The summed E-state index contributed by atoms with van der Waals surface area (Å²) in [5, 5.41) is 12.6. The van der Waals surface area contributed by atoms with Gasteiger partial charge in [0.15, 0.2) is 0 Å². The van der Waals surface area contributed by atoms with E-state index >= 15 is 0 Å². The molecule has 0 aromatic carbocycles. The van der Waals surface area contributed by atoms with Gasteiger partial charge in [-0.05, 0) is 0 Å². The van der Waals surface area contributed by atoms with Crippen molar-refractivity contribution >= 4 is 9.05 Å². The Bertz CT molecular complexity index is 214. The van der Waals surface area contributed by atoms with Crippen molar-refractivity contribution in [2.75, 3.05) is 105 Å². The molecule has 0 radical (unpaired) electrons. The molecule has 4 saturated heterocycles. The third-order valence-corrected chi connectivity index (χ3v) is 3.39. The lowest BCUT2D eigenvalue weighted by Crippen LogP contribution is -2.33. The maximum atomic E-state index is 7.33. The first-order valence-electron chi connectivity index (χ1n) is 10.0. The summed E-state index contributed by atoms with van der Waals surface area (Å²) in [6.07, 6.45) is 0. The average molecular weight is 445 g/mol. The van der Waals surface area contributed by atoms with Gasteiger partial charge in [-0.2, -0.15) is 0 Å². The van der Waals surface area contributed by atoms with Crippen molar-refractivity contribution in [1.82, 2.24) is 21.3 Å². The molecule has 12 nitrogen and oxygen atoms in total. The summed E-state index contributed by atoms with van der Waals surface area (Å²) in [5.74, 6) is 0. The van der Waals surface area contributed by atoms with Gasteiger partial charge in [-0.25, -0.2) is 0 Å². The Kier molecular flexibility index (Phi) is 22.2. The molecule has 0 aromatic rings. The molecule has 0 spiro atoms. The highest BCUT2D eigenvalue weighted by molar-refractivity contribution is 6.46. The predicted octanol–water partition coefficient (Wildman–Crippen LogP) is -4.18. The minimum absolute atomic E-state index is 0.889. The van der Waals surface area contributed by atoms with Crippen LogP contribution in [0.5, 0.6) is 0 Å². The van der Waals surface area contributed by atoms with Crippen molar-refractivity contribution in [3.8, 4) is 0 Å². The summed E-state index contributed by atoms with van der Waals surface area (Å²) in [5.41, 5.74) is 0. The molecule has 4 aliphatic heterocycles. The van der Waals surface area contributed by atoms with Crippen LogP contribution in [0, 0.1) is 0 Å². The lowest BCUT2D eigenvalue weighted by Gasteiger charge is -2.10. The van der Waals surface area contributed by atoms with Gasteiger partial charge in [0.2, 0.25) is 0 Å². The van der Waals surface area contributed by atoms with Crippen LogP contribution in [-0.2, 0) is 18.9 Å². The Labute approximate surface area is 174 Å². The summed E-state index contributed by atoms with van der Waals surface area (Å²) >= 11 is 0. The smallest absolute Gasteiger partial charge is 0.379 e. The maximum Gasteiger partial charge on any atom is 0.668 e. The highest BCUT2D eigenvalue weighted by atomic mass is 28.4. The molecule has 29 heavy (non-hydrogen) atoms. The lowest BCUT2D eigenvalue weighted by molar-refractivity contribution is 0.109. The van der Waals surface area contributed by atoms with Gasteiger partial charge in [0, 0.05) is 52.4 Å². The van der Waals surface area contributed by atoms with Gasteiger partial charge in [0.25, 0.3) is 0 Å². The molecule has 13 heteroatoms. The summed E-state index contributed by atoms with van der Waals surface area (Å²) in [6, 6.07) is 0. The number of hydrogen-bond acceptors (Lipinski definition) is 12. The summed E-state index contributed by atoms with van der Waals surface area (Å²) in [6.45, 7) is 15.3. The van der Waals surface area contributed by atoms with Crippen molar-refractivity contribution in [2.24, 2.45) is 0 Å². The number of rotatable bonds is 0. The number of morpholine rings is 4. The second kappa shape index (κ2) is 22.4.